The van der Waals surface area contributed by atoms with Crippen molar-refractivity contribution in [3.63, 3.8) is 0 Å². The van der Waals surface area contributed by atoms with Crippen LogP contribution in [0.4, 0.5) is 17.6 Å². The van der Waals surface area contributed by atoms with Crippen LogP contribution in [0.1, 0.15) is 13.3 Å². The molecule has 0 saturated heterocycles. The van der Waals surface area contributed by atoms with E-state index in [1.807, 2.05) is 0 Å². The minimum Gasteiger partial charge on any atom is -0.382 e. The van der Waals surface area contributed by atoms with Crippen molar-refractivity contribution >= 4 is 0 Å². The van der Waals surface area contributed by atoms with E-state index in [0.29, 0.717) is 19.6 Å². The van der Waals surface area contributed by atoms with Gasteiger partial charge in [-0.1, -0.05) is 0 Å². The van der Waals surface area contributed by atoms with Crippen LogP contribution in [0.15, 0.2) is 0 Å². The molecular formula is C8H14F4O2. The number of rotatable bonds is 8. The normalized spacial score (nSPS) is 12.4. The molecule has 0 radical (unpaired) electrons. The molecule has 0 fully saturated rings. The van der Waals surface area contributed by atoms with Gasteiger partial charge in [0.2, 0.25) is 0 Å². The highest BCUT2D eigenvalue weighted by Crippen LogP contribution is 2.22. The first-order chi connectivity index (χ1) is 6.50. The van der Waals surface area contributed by atoms with Gasteiger partial charge in [-0.25, -0.2) is 8.78 Å². The summed E-state index contributed by atoms with van der Waals surface area (Å²) >= 11 is 0. The molecule has 0 rings (SSSR count). The second-order valence-corrected chi connectivity index (χ2v) is 2.66. The van der Waals surface area contributed by atoms with Crippen LogP contribution >= 0.6 is 0 Å². The van der Waals surface area contributed by atoms with Crippen molar-refractivity contribution in [3.8, 4) is 0 Å². The van der Waals surface area contributed by atoms with E-state index >= 15 is 0 Å². The van der Waals surface area contributed by atoms with Gasteiger partial charge >= 0.3 is 12.3 Å². The standard InChI is InChI=1S/C8H14F4O2/c1-2-13-4-3-5-14-6-8(11,12)7(9)10/h7H,2-6H2,1H3. The van der Waals surface area contributed by atoms with Crippen LogP contribution in [0.25, 0.3) is 0 Å². The van der Waals surface area contributed by atoms with Crippen LogP contribution in [-0.4, -0.2) is 38.8 Å². The van der Waals surface area contributed by atoms with Crippen LogP contribution in [-0.2, 0) is 9.47 Å². The third-order valence-corrected chi connectivity index (χ3v) is 1.40. The summed E-state index contributed by atoms with van der Waals surface area (Å²) in [7, 11) is 0. The van der Waals surface area contributed by atoms with Crippen molar-refractivity contribution in [2.75, 3.05) is 26.4 Å². The topological polar surface area (TPSA) is 18.5 Å². The molecule has 0 bridgehead atoms. The van der Waals surface area contributed by atoms with Gasteiger partial charge in [0.25, 0.3) is 0 Å². The van der Waals surface area contributed by atoms with Gasteiger partial charge in [-0.3, -0.25) is 0 Å². The predicted octanol–water partition coefficient (Wildman–Crippen LogP) is 2.33. The summed E-state index contributed by atoms with van der Waals surface area (Å²) in [5, 5.41) is 0. The Morgan fingerprint density at radius 2 is 1.71 bits per heavy atom. The number of halogens is 4. The zero-order valence-electron chi connectivity index (χ0n) is 7.94. The van der Waals surface area contributed by atoms with E-state index in [1.165, 1.54) is 0 Å². The molecule has 0 aliphatic carbocycles. The Labute approximate surface area is 80.2 Å². The van der Waals surface area contributed by atoms with E-state index in [4.69, 9.17) is 4.74 Å². The molecule has 0 aromatic heterocycles. The average molecular weight is 218 g/mol. The van der Waals surface area contributed by atoms with Crippen LogP contribution in [0.5, 0.6) is 0 Å². The van der Waals surface area contributed by atoms with Gasteiger partial charge in [-0.05, 0) is 13.3 Å². The van der Waals surface area contributed by atoms with Crippen LogP contribution < -0.4 is 0 Å². The van der Waals surface area contributed by atoms with E-state index < -0.39 is 19.0 Å². The Morgan fingerprint density at radius 3 is 2.21 bits per heavy atom. The fourth-order valence-electron chi connectivity index (χ4n) is 0.679. The highest BCUT2D eigenvalue weighted by molar-refractivity contribution is 4.67. The first-order valence-electron chi connectivity index (χ1n) is 4.32. The van der Waals surface area contributed by atoms with Gasteiger partial charge in [0.1, 0.15) is 6.61 Å². The fourth-order valence-corrected chi connectivity index (χ4v) is 0.679. The molecule has 0 aliphatic heterocycles. The lowest BCUT2D eigenvalue weighted by atomic mass is 10.4. The third kappa shape index (κ3) is 6.15. The average Bonchev–Trinajstić information content (AvgIpc) is 2.10. The minimum atomic E-state index is -4.05. The Morgan fingerprint density at radius 1 is 1.14 bits per heavy atom. The third-order valence-electron chi connectivity index (χ3n) is 1.40. The summed E-state index contributed by atoms with van der Waals surface area (Å²) < 4.78 is 56.9. The molecule has 0 spiro atoms. The monoisotopic (exact) mass is 218 g/mol. The second kappa shape index (κ2) is 7.00. The molecular weight excluding hydrogens is 204 g/mol. The lowest BCUT2D eigenvalue weighted by molar-refractivity contribution is -0.166. The first-order valence-corrected chi connectivity index (χ1v) is 4.32. The zero-order chi connectivity index (χ0) is 11.0. The van der Waals surface area contributed by atoms with E-state index in [-0.39, 0.29) is 6.61 Å². The zero-order valence-corrected chi connectivity index (χ0v) is 7.94. The minimum absolute atomic E-state index is 0.00229. The Kier molecular flexibility index (Phi) is 6.82. The molecule has 0 amide bonds. The lowest BCUT2D eigenvalue weighted by Gasteiger charge is -2.14. The molecule has 0 N–H and O–H groups in total. The highest BCUT2D eigenvalue weighted by Gasteiger charge is 2.40. The van der Waals surface area contributed by atoms with Crippen molar-refractivity contribution in [1.29, 1.82) is 0 Å². The van der Waals surface area contributed by atoms with Crippen molar-refractivity contribution in [2.45, 2.75) is 25.7 Å². The predicted molar refractivity (Wildman–Crippen MR) is 42.9 cm³/mol. The van der Waals surface area contributed by atoms with Gasteiger partial charge in [0, 0.05) is 19.8 Å². The SMILES string of the molecule is CCOCCCOCC(F)(F)C(F)F. The Hall–Kier alpha value is -0.360. The quantitative estimate of drug-likeness (QED) is 0.460. The fraction of sp³-hybridized carbons (Fsp3) is 1.00. The first kappa shape index (κ1) is 13.6. The van der Waals surface area contributed by atoms with Crippen LogP contribution in [0.3, 0.4) is 0 Å². The van der Waals surface area contributed by atoms with Gasteiger partial charge < -0.3 is 9.47 Å². The maximum absolute atomic E-state index is 12.2. The molecule has 2 nitrogen and oxygen atoms in total. The van der Waals surface area contributed by atoms with Crippen molar-refractivity contribution in [2.24, 2.45) is 0 Å². The summed E-state index contributed by atoms with van der Waals surface area (Å²) in [4.78, 5) is 0. The van der Waals surface area contributed by atoms with E-state index in [1.54, 1.807) is 6.92 Å². The number of ether oxygens (including phenoxy) is 2. The summed E-state index contributed by atoms with van der Waals surface area (Å²) in [5.41, 5.74) is 0. The maximum atomic E-state index is 12.2. The molecule has 0 saturated carbocycles. The summed E-state index contributed by atoms with van der Waals surface area (Å²) in [6, 6.07) is 0. The van der Waals surface area contributed by atoms with E-state index in [0.717, 1.165) is 0 Å². The Bertz CT molecular complexity index is 141. The van der Waals surface area contributed by atoms with Crippen LogP contribution in [0.2, 0.25) is 0 Å². The highest BCUT2D eigenvalue weighted by atomic mass is 19.3. The number of hydrogen-bond acceptors (Lipinski definition) is 2. The maximum Gasteiger partial charge on any atom is 0.330 e. The molecule has 0 atom stereocenters. The molecule has 14 heavy (non-hydrogen) atoms. The number of alkyl halides is 4. The van der Waals surface area contributed by atoms with E-state index in [9.17, 15) is 17.6 Å². The molecule has 0 aliphatic rings. The summed E-state index contributed by atoms with van der Waals surface area (Å²) in [6.45, 7) is 1.48. The molecule has 0 aromatic rings. The van der Waals surface area contributed by atoms with Crippen molar-refractivity contribution in [3.05, 3.63) is 0 Å². The molecule has 0 aromatic carbocycles. The summed E-state index contributed by atoms with van der Waals surface area (Å²) in [5.74, 6) is -4.05. The molecule has 86 valence electrons. The lowest BCUT2D eigenvalue weighted by Crippen LogP contribution is -2.32. The van der Waals surface area contributed by atoms with Crippen LogP contribution in [0, 0.1) is 0 Å². The van der Waals surface area contributed by atoms with Crippen molar-refractivity contribution < 1.29 is 27.0 Å². The molecule has 0 unspecified atom stereocenters. The van der Waals surface area contributed by atoms with Gasteiger partial charge in [-0.2, -0.15) is 8.78 Å². The largest absolute Gasteiger partial charge is 0.382 e. The summed E-state index contributed by atoms with van der Waals surface area (Å²) in [6.07, 6.45) is -3.25. The van der Waals surface area contributed by atoms with Crippen molar-refractivity contribution in [1.82, 2.24) is 0 Å². The van der Waals surface area contributed by atoms with Gasteiger partial charge in [0.15, 0.2) is 0 Å². The smallest absolute Gasteiger partial charge is 0.330 e. The number of hydrogen-bond donors (Lipinski definition) is 0. The second-order valence-electron chi connectivity index (χ2n) is 2.66. The van der Waals surface area contributed by atoms with Gasteiger partial charge in [0.05, 0.1) is 0 Å². The molecule has 0 heterocycles. The van der Waals surface area contributed by atoms with E-state index in [2.05, 4.69) is 4.74 Å². The van der Waals surface area contributed by atoms with Gasteiger partial charge in [-0.15, -0.1) is 0 Å². The molecule has 6 heteroatoms. The Balaban J connectivity index is 3.35.